The molecule has 0 aliphatic rings. The summed E-state index contributed by atoms with van der Waals surface area (Å²) in [6.45, 7) is 0. The number of hydrogen-bond acceptors (Lipinski definition) is 3. The summed E-state index contributed by atoms with van der Waals surface area (Å²) in [5.74, 6) is 0.433. The van der Waals surface area contributed by atoms with Crippen LogP contribution in [0.15, 0.2) is 59.5 Å². The Balaban J connectivity index is 2.38. The van der Waals surface area contributed by atoms with E-state index in [2.05, 4.69) is 9.71 Å². The second kappa shape index (κ2) is 7.61. The molecule has 0 amide bonds. The zero-order valence-electron chi connectivity index (χ0n) is 12.5. The van der Waals surface area contributed by atoms with E-state index in [0.717, 1.165) is 0 Å². The molecule has 0 spiro atoms. The number of nitrogens with one attached hydrogen (secondary N) is 2. The van der Waals surface area contributed by atoms with Crippen LogP contribution in [-0.4, -0.2) is 25.2 Å². The lowest BCUT2D eigenvalue weighted by atomic mass is 10.3. The van der Waals surface area contributed by atoms with Crippen molar-refractivity contribution in [1.82, 2.24) is 0 Å². The highest BCUT2D eigenvalue weighted by atomic mass is 35.6. The van der Waals surface area contributed by atoms with Crippen LogP contribution in [0.5, 0.6) is 5.75 Å². The summed E-state index contributed by atoms with van der Waals surface area (Å²) in [7, 11) is -2.37. The van der Waals surface area contributed by atoms with Crippen LogP contribution in [0.3, 0.4) is 0 Å². The number of sulfonamides is 1. The van der Waals surface area contributed by atoms with Crippen LogP contribution in [0.4, 0.5) is 5.69 Å². The molecule has 2 N–H and O–H groups in total. The maximum absolute atomic E-state index is 12.4. The molecule has 0 unspecified atom stereocenters. The number of anilines is 1. The number of halogens is 3. The highest BCUT2D eigenvalue weighted by Crippen LogP contribution is 2.27. The fourth-order valence-corrected chi connectivity index (χ4v) is 3.32. The molecule has 0 saturated heterocycles. The fraction of sp³-hybridized carbons (Fsp3) is 0.133. The Kier molecular flexibility index (Phi) is 5.98. The van der Waals surface area contributed by atoms with Gasteiger partial charge in [-0.3, -0.25) is 0 Å². The Hall–Kier alpha value is -1.47. The van der Waals surface area contributed by atoms with Gasteiger partial charge in [0.25, 0.3) is 3.79 Å². The first-order chi connectivity index (χ1) is 11.2. The Bertz CT molecular complexity index is 817. The molecule has 0 fully saturated rings. The molecule has 0 heterocycles. The Morgan fingerprint density at radius 1 is 1.04 bits per heavy atom. The largest absolute Gasteiger partial charge is 0.497 e. The summed E-state index contributed by atoms with van der Waals surface area (Å²) in [6.07, 6.45) is 0. The summed E-state index contributed by atoms with van der Waals surface area (Å²) in [6, 6.07) is 14.5. The molecule has 0 radical (unpaired) electrons. The molecule has 128 valence electrons. The SMILES string of the molecule is COc1ccc(NC(=[NH+]S(=O)(=O)c2ccccc2)C(Cl)(Cl)Cl)cc1. The van der Waals surface area contributed by atoms with Gasteiger partial charge in [0.15, 0.2) is 0 Å². The van der Waals surface area contributed by atoms with Gasteiger partial charge in [0.05, 0.1) is 7.11 Å². The first-order valence-electron chi connectivity index (χ1n) is 6.65. The minimum atomic E-state index is -3.90. The number of rotatable bonds is 4. The Labute approximate surface area is 155 Å². The number of ether oxygens (including phenoxy) is 1. The number of amidine groups is 1. The molecule has 2 rings (SSSR count). The average Bonchev–Trinajstić information content (AvgIpc) is 2.55. The third-order valence-electron chi connectivity index (χ3n) is 2.93. The average molecular weight is 409 g/mol. The highest BCUT2D eigenvalue weighted by Gasteiger charge is 2.37. The van der Waals surface area contributed by atoms with Gasteiger partial charge in [0, 0.05) is 0 Å². The standard InChI is InChI=1S/C15H13Cl3N2O3S/c1-23-12-9-7-11(8-10-12)19-14(15(16,17)18)20-24(21,22)13-5-3-2-4-6-13/h2-10H,1H3,(H,19,20)/p+1. The topological polar surface area (TPSA) is 69.4 Å². The van der Waals surface area contributed by atoms with Crippen LogP contribution in [-0.2, 0) is 10.0 Å². The van der Waals surface area contributed by atoms with Gasteiger partial charge in [-0.25, -0.2) is 5.32 Å². The number of hydrogen-bond donors (Lipinski definition) is 2. The van der Waals surface area contributed by atoms with Gasteiger partial charge in [-0.2, -0.15) is 12.8 Å². The molecule has 0 saturated carbocycles. The summed E-state index contributed by atoms with van der Waals surface area (Å²) in [4.78, 5) is 0.0493. The highest BCUT2D eigenvalue weighted by molar-refractivity contribution is 7.84. The van der Waals surface area contributed by atoms with E-state index >= 15 is 0 Å². The number of benzene rings is 2. The molecule has 5 nitrogen and oxygen atoms in total. The molecule has 9 heteroatoms. The van der Waals surface area contributed by atoms with E-state index in [1.54, 1.807) is 42.5 Å². The van der Waals surface area contributed by atoms with Crippen molar-refractivity contribution in [2.75, 3.05) is 12.4 Å². The van der Waals surface area contributed by atoms with Crippen LogP contribution >= 0.6 is 34.8 Å². The molecule has 0 aliphatic carbocycles. The molecule has 0 aliphatic heterocycles. The molecule has 2 aromatic rings. The quantitative estimate of drug-likeness (QED) is 0.463. The van der Waals surface area contributed by atoms with Crippen molar-refractivity contribution in [1.29, 1.82) is 0 Å². The summed E-state index contributed by atoms with van der Waals surface area (Å²) >= 11 is 17.6. The minimum absolute atomic E-state index is 0.0493. The molecular formula is C15H14Cl3N2O3S+. The monoisotopic (exact) mass is 407 g/mol. The maximum atomic E-state index is 12.4. The second-order valence-corrected chi connectivity index (χ2v) is 8.61. The van der Waals surface area contributed by atoms with Gasteiger partial charge in [0.1, 0.15) is 16.3 Å². The Morgan fingerprint density at radius 3 is 2.12 bits per heavy atom. The van der Waals surface area contributed by atoms with E-state index in [-0.39, 0.29) is 10.7 Å². The smallest absolute Gasteiger partial charge is 0.328 e. The first kappa shape index (κ1) is 18.9. The zero-order chi connectivity index (χ0) is 17.8. The third-order valence-corrected chi connectivity index (χ3v) is 4.87. The zero-order valence-corrected chi connectivity index (χ0v) is 15.5. The predicted octanol–water partition coefficient (Wildman–Crippen LogP) is 2.35. The van der Waals surface area contributed by atoms with Gasteiger partial charge in [-0.05, 0) is 36.4 Å². The van der Waals surface area contributed by atoms with Gasteiger partial charge in [-0.15, -0.1) is 0 Å². The van der Waals surface area contributed by atoms with E-state index in [1.165, 1.54) is 19.2 Å². The van der Waals surface area contributed by atoms with Crippen molar-refractivity contribution in [2.45, 2.75) is 8.69 Å². The Morgan fingerprint density at radius 2 is 1.62 bits per heavy atom. The normalized spacial score (nSPS) is 12.8. The molecule has 2 aromatic carbocycles. The summed E-state index contributed by atoms with van der Waals surface area (Å²) in [5.41, 5.74) is 0.521. The van der Waals surface area contributed by atoms with E-state index in [9.17, 15) is 8.42 Å². The van der Waals surface area contributed by atoms with Crippen LogP contribution < -0.4 is 14.5 Å². The molecule has 0 bridgehead atoms. The van der Waals surface area contributed by atoms with E-state index in [4.69, 9.17) is 39.5 Å². The van der Waals surface area contributed by atoms with E-state index in [0.29, 0.717) is 11.4 Å². The molecule has 0 aromatic heterocycles. The fourth-order valence-electron chi connectivity index (χ4n) is 1.77. The molecule has 0 atom stereocenters. The van der Waals surface area contributed by atoms with Crippen molar-refractivity contribution >= 4 is 56.3 Å². The number of alkyl halides is 3. The van der Waals surface area contributed by atoms with Crippen molar-refractivity contribution in [3.05, 3.63) is 54.6 Å². The molecular weight excluding hydrogens is 395 g/mol. The van der Waals surface area contributed by atoms with Crippen molar-refractivity contribution in [2.24, 2.45) is 0 Å². The van der Waals surface area contributed by atoms with Crippen LogP contribution in [0, 0.1) is 0 Å². The van der Waals surface area contributed by atoms with Crippen molar-refractivity contribution in [3.8, 4) is 5.75 Å². The third kappa shape index (κ3) is 5.01. The van der Waals surface area contributed by atoms with Gasteiger partial charge in [-0.1, -0.05) is 53.0 Å². The second-order valence-electron chi connectivity index (χ2n) is 4.64. The maximum Gasteiger partial charge on any atom is 0.328 e. The predicted molar refractivity (Wildman–Crippen MR) is 96.5 cm³/mol. The minimum Gasteiger partial charge on any atom is -0.497 e. The van der Waals surface area contributed by atoms with Crippen molar-refractivity contribution in [3.63, 3.8) is 0 Å². The lowest BCUT2D eigenvalue weighted by Gasteiger charge is -2.11. The molecule has 24 heavy (non-hydrogen) atoms. The van der Waals surface area contributed by atoms with Gasteiger partial charge < -0.3 is 4.74 Å². The lowest BCUT2D eigenvalue weighted by molar-refractivity contribution is -0.268. The van der Waals surface area contributed by atoms with Crippen LogP contribution in [0.25, 0.3) is 0 Å². The number of methoxy groups -OCH3 is 1. The van der Waals surface area contributed by atoms with Gasteiger partial charge in [0.2, 0.25) is 0 Å². The van der Waals surface area contributed by atoms with Gasteiger partial charge >= 0.3 is 15.9 Å². The van der Waals surface area contributed by atoms with Crippen LogP contribution in [0.2, 0.25) is 0 Å². The van der Waals surface area contributed by atoms with Crippen molar-refractivity contribution < 1.29 is 17.6 Å². The van der Waals surface area contributed by atoms with Crippen LogP contribution in [0.1, 0.15) is 0 Å². The van der Waals surface area contributed by atoms with E-state index in [1.807, 2.05) is 0 Å². The lowest BCUT2D eigenvalue weighted by Crippen LogP contribution is -2.80. The summed E-state index contributed by atoms with van der Waals surface area (Å²) < 4.78 is 30.2. The first-order valence-corrected chi connectivity index (χ1v) is 9.27. The summed E-state index contributed by atoms with van der Waals surface area (Å²) in [5, 5.41) is 2.77. The van der Waals surface area contributed by atoms with E-state index < -0.39 is 13.8 Å².